The summed E-state index contributed by atoms with van der Waals surface area (Å²) < 4.78 is 0.996. The Bertz CT molecular complexity index is 695. The standard InChI is InChI=1S/C15H17N3O2S/c1-17(2)15(20)11-6-4-8-18(11)14(19)10-5-3-7-12-13(10)16-9-21-12/h3,5,7,9,11H,4,6,8H2,1-2H3. The highest BCUT2D eigenvalue weighted by atomic mass is 32.1. The normalized spacial score (nSPS) is 18.2. The number of para-hydroxylation sites is 1. The van der Waals surface area contributed by atoms with E-state index in [-0.39, 0.29) is 17.9 Å². The van der Waals surface area contributed by atoms with Crippen molar-refractivity contribution in [1.82, 2.24) is 14.8 Å². The number of rotatable bonds is 2. The monoisotopic (exact) mass is 303 g/mol. The lowest BCUT2D eigenvalue weighted by atomic mass is 10.1. The van der Waals surface area contributed by atoms with Gasteiger partial charge in [0.2, 0.25) is 5.91 Å². The predicted molar refractivity (Wildman–Crippen MR) is 82.4 cm³/mol. The van der Waals surface area contributed by atoms with Crippen LogP contribution in [0.3, 0.4) is 0 Å². The van der Waals surface area contributed by atoms with E-state index in [1.54, 1.807) is 35.5 Å². The van der Waals surface area contributed by atoms with E-state index in [1.165, 1.54) is 11.3 Å². The Labute approximate surface area is 127 Å². The van der Waals surface area contributed by atoms with Gasteiger partial charge in [-0.05, 0) is 25.0 Å². The lowest BCUT2D eigenvalue weighted by Crippen LogP contribution is -2.45. The molecule has 3 rings (SSSR count). The maximum atomic E-state index is 12.8. The number of likely N-dealkylation sites (tertiary alicyclic amines) is 1. The molecule has 0 bridgehead atoms. The highest BCUT2D eigenvalue weighted by Gasteiger charge is 2.35. The van der Waals surface area contributed by atoms with Crippen LogP contribution in [0.25, 0.3) is 10.2 Å². The van der Waals surface area contributed by atoms with Crippen LogP contribution >= 0.6 is 11.3 Å². The molecule has 5 nitrogen and oxygen atoms in total. The molecule has 0 spiro atoms. The quantitative estimate of drug-likeness (QED) is 0.852. The molecule has 6 heteroatoms. The van der Waals surface area contributed by atoms with Gasteiger partial charge in [-0.25, -0.2) is 4.98 Å². The Kier molecular flexibility index (Phi) is 3.63. The van der Waals surface area contributed by atoms with Crippen molar-refractivity contribution in [3.8, 4) is 0 Å². The van der Waals surface area contributed by atoms with Crippen LogP contribution in [-0.2, 0) is 4.79 Å². The number of thiazole rings is 1. The van der Waals surface area contributed by atoms with Gasteiger partial charge < -0.3 is 9.80 Å². The van der Waals surface area contributed by atoms with Crippen molar-refractivity contribution >= 4 is 33.4 Å². The van der Waals surface area contributed by atoms with Gasteiger partial charge in [0.25, 0.3) is 5.91 Å². The number of amides is 2. The van der Waals surface area contributed by atoms with Gasteiger partial charge >= 0.3 is 0 Å². The van der Waals surface area contributed by atoms with Crippen LogP contribution < -0.4 is 0 Å². The molecule has 2 amide bonds. The van der Waals surface area contributed by atoms with Crippen LogP contribution in [-0.4, -0.2) is 53.3 Å². The minimum Gasteiger partial charge on any atom is -0.347 e. The first-order valence-electron chi connectivity index (χ1n) is 6.94. The molecule has 0 radical (unpaired) electrons. The van der Waals surface area contributed by atoms with Gasteiger partial charge in [-0.1, -0.05) is 6.07 Å². The lowest BCUT2D eigenvalue weighted by molar-refractivity contribution is -0.132. The van der Waals surface area contributed by atoms with E-state index in [4.69, 9.17) is 0 Å². The third-order valence-electron chi connectivity index (χ3n) is 3.83. The van der Waals surface area contributed by atoms with Crippen molar-refractivity contribution in [3.63, 3.8) is 0 Å². The van der Waals surface area contributed by atoms with Gasteiger partial charge in [-0.3, -0.25) is 9.59 Å². The molecule has 1 aliphatic heterocycles. The molecule has 1 aromatic carbocycles. The molecular formula is C15H17N3O2S. The molecule has 21 heavy (non-hydrogen) atoms. The first kappa shape index (κ1) is 14.0. The molecule has 1 aliphatic rings. The van der Waals surface area contributed by atoms with Crippen LogP contribution in [0.1, 0.15) is 23.2 Å². The minimum absolute atomic E-state index is 0.00805. The van der Waals surface area contributed by atoms with Gasteiger partial charge in [0.1, 0.15) is 6.04 Å². The number of carbonyl (C=O) groups is 2. The number of benzene rings is 1. The third kappa shape index (κ3) is 2.40. The first-order valence-corrected chi connectivity index (χ1v) is 7.82. The topological polar surface area (TPSA) is 53.5 Å². The van der Waals surface area contributed by atoms with Gasteiger partial charge in [0, 0.05) is 20.6 Å². The molecule has 0 saturated carbocycles. The van der Waals surface area contributed by atoms with E-state index >= 15 is 0 Å². The van der Waals surface area contributed by atoms with Crippen LogP contribution in [0.2, 0.25) is 0 Å². The Morgan fingerprint density at radius 1 is 1.38 bits per heavy atom. The van der Waals surface area contributed by atoms with E-state index in [9.17, 15) is 9.59 Å². The van der Waals surface area contributed by atoms with Crippen LogP contribution in [0.15, 0.2) is 23.7 Å². The lowest BCUT2D eigenvalue weighted by Gasteiger charge is -2.26. The Morgan fingerprint density at radius 2 is 2.19 bits per heavy atom. The highest BCUT2D eigenvalue weighted by Crippen LogP contribution is 2.26. The average Bonchev–Trinajstić information content (AvgIpc) is 3.13. The molecule has 1 unspecified atom stereocenters. The summed E-state index contributed by atoms with van der Waals surface area (Å²) in [5.74, 6) is -0.101. The summed E-state index contributed by atoms with van der Waals surface area (Å²) in [5.41, 5.74) is 3.07. The number of carbonyl (C=O) groups excluding carboxylic acids is 2. The fourth-order valence-corrected chi connectivity index (χ4v) is 3.48. The van der Waals surface area contributed by atoms with Crippen molar-refractivity contribution in [2.45, 2.75) is 18.9 Å². The summed E-state index contributed by atoms with van der Waals surface area (Å²) >= 11 is 1.52. The molecule has 1 fully saturated rings. The van der Waals surface area contributed by atoms with Gasteiger partial charge in [0.15, 0.2) is 0 Å². The molecule has 1 aromatic heterocycles. The summed E-state index contributed by atoms with van der Waals surface area (Å²) in [6.45, 7) is 0.629. The van der Waals surface area contributed by atoms with E-state index in [1.807, 2.05) is 12.1 Å². The Balaban J connectivity index is 1.94. The number of hydrogen-bond acceptors (Lipinski definition) is 4. The second-order valence-electron chi connectivity index (χ2n) is 5.39. The van der Waals surface area contributed by atoms with Crippen LogP contribution in [0, 0.1) is 0 Å². The van der Waals surface area contributed by atoms with E-state index in [0.717, 1.165) is 23.1 Å². The number of fused-ring (bicyclic) bond motifs is 1. The summed E-state index contributed by atoms with van der Waals surface area (Å²) in [4.78, 5) is 32.6. The summed E-state index contributed by atoms with van der Waals surface area (Å²) in [5, 5.41) is 0. The predicted octanol–water partition coefficient (Wildman–Crippen LogP) is 1.99. The molecule has 0 aliphatic carbocycles. The summed E-state index contributed by atoms with van der Waals surface area (Å²) in [7, 11) is 3.45. The molecule has 2 aromatic rings. The Hall–Kier alpha value is -1.95. The van der Waals surface area contributed by atoms with Crippen molar-refractivity contribution in [2.75, 3.05) is 20.6 Å². The van der Waals surface area contributed by atoms with E-state index in [0.29, 0.717) is 12.1 Å². The number of nitrogens with zero attached hydrogens (tertiary/aromatic N) is 3. The van der Waals surface area contributed by atoms with Crippen molar-refractivity contribution in [3.05, 3.63) is 29.3 Å². The zero-order chi connectivity index (χ0) is 15.0. The van der Waals surface area contributed by atoms with Crippen LogP contribution in [0.4, 0.5) is 0 Å². The maximum absolute atomic E-state index is 12.8. The minimum atomic E-state index is -0.346. The van der Waals surface area contributed by atoms with E-state index < -0.39 is 0 Å². The molecule has 0 N–H and O–H groups in total. The largest absolute Gasteiger partial charge is 0.347 e. The maximum Gasteiger partial charge on any atom is 0.256 e. The van der Waals surface area contributed by atoms with E-state index in [2.05, 4.69) is 4.98 Å². The fourth-order valence-electron chi connectivity index (χ4n) is 2.78. The van der Waals surface area contributed by atoms with Gasteiger partial charge in [-0.15, -0.1) is 11.3 Å². The van der Waals surface area contributed by atoms with Gasteiger partial charge in [0.05, 0.1) is 21.3 Å². The number of aromatic nitrogens is 1. The SMILES string of the molecule is CN(C)C(=O)C1CCCN1C(=O)c1cccc2scnc12. The highest BCUT2D eigenvalue weighted by molar-refractivity contribution is 7.16. The smallest absolute Gasteiger partial charge is 0.256 e. The molecular weight excluding hydrogens is 286 g/mol. The first-order chi connectivity index (χ1) is 10.1. The second kappa shape index (κ2) is 5.44. The molecule has 110 valence electrons. The number of likely N-dealkylation sites (N-methyl/N-ethyl adjacent to an activating group) is 1. The van der Waals surface area contributed by atoms with Crippen molar-refractivity contribution in [2.24, 2.45) is 0 Å². The average molecular weight is 303 g/mol. The zero-order valence-electron chi connectivity index (χ0n) is 12.1. The molecule has 2 heterocycles. The van der Waals surface area contributed by atoms with Crippen molar-refractivity contribution in [1.29, 1.82) is 0 Å². The van der Waals surface area contributed by atoms with Crippen molar-refractivity contribution < 1.29 is 9.59 Å². The Morgan fingerprint density at radius 3 is 2.95 bits per heavy atom. The molecule has 1 saturated heterocycles. The molecule has 1 atom stereocenters. The van der Waals surface area contributed by atoms with Crippen LogP contribution in [0.5, 0.6) is 0 Å². The number of hydrogen-bond donors (Lipinski definition) is 0. The zero-order valence-corrected chi connectivity index (χ0v) is 12.9. The summed E-state index contributed by atoms with van der Waals surface area (Å²) in [6.07, 6.45) is 1.60. The van der Waals surface area contributed by atoms with Gasteiger partial charge in [-0.2, -0.15) is 0 Å². The fraction of sp³-hybridized carbons (Fsp3) is 0.400. The second-order valence-corrected chi connectivity index (χ2v) is 6.28. The third-order valence-corrected chi connectivity index (χ3v) is 4.62. The summed E-state index contributed by atoms with van der Waals surface area (Å²) in [6, 6.07) is 5.27.